The topological polar surface area (TPSA) is 56.8 Å². The third kappa shape index (κ3) is 2.35. The van der Waals surface area contributed by atoms with Crippen LogP contribution in [0.25, 0.3) is 0 Å². The summed E-state index contributed by atoms with van der Waals surface area (Å²) in [6.45, 7) is 1.07. The number of nitrogens with one attached hydrogen (secondary N) is 1. The van der Waals surface area contributed by atoms with E-state index in [2.05, 4.69) is 5.32 Å². The van der Waals surface area contributed by atoms with E-state index in [0.717, 1.165) is 11.3 Å². The number of rotatable bonds is 2. The zero-order valence-corrected chi connectivity index (χ0v) is 11.9. The standard InChI is InChI=1S/C17H15NO4/c19-17(16-9-11-3-1-2-4-13(11)22-16)18-12-5-6-14-15(10-12)21-8-7-20-14/h1-6,10,16H,7-9H2,(H,18,19)/t16-/m1/s1. The molecule has 22 heavy (non-hydrogen) atoms. The summed E-state index contributed by atoms with van der Waals surface area (Å²) < 4.78 is 16.7. The van der Waals surface area contributed by atoms with Gasteiger partial charge in [0.05, 0.1) is 0 Å². The highest BCUT2D eigenvalue weighted by atomic mass is 16.6. The van der Waals surface area contributed by atoms with E-state index in [4.69, 9.17) is 14.2 Å². The summed E-state index contributed by atoms with van der Waals surface area (Å²) in [6.07, 6.45) is 0.0950. The van der Waals surface area contributed by atoms with Crippen LogP contribution in [0.5, 0.6) is 17.2 Å². The fourth-order valence-electron chi connectivity index (χ4n) is 2.67. The van der Waals surface area contributed by atoms with Crippen molar-refractivity contribution in [1.29, 1.82) is 0 Å². The molecule has 1 atom stereocenters. The van der Waals surface area contributed by atoms with E-state index in [0.29, 0.717) is 36.8 Å². The average Bonchev–Trinajstić information content (AvgIpc) is 2.99. The lowest BCUT2D eigenvalue weighted by Gasteiger charge is -2.19. The minimum atomic E-state index is -0.495. The van der Waals surface area contributed by atoms with Gasteiger partial charge in [-0.15, -0.1) is 0 Å². The van der Waals surface area contributed by atoms with Crippen LogP contribution in [-0.2, 0) is 11.2 Å². The van der Waals surface area contributed by atoms with Gasteiger partial charge in [0, 0.05) is 18.2 Å². The molecular weight excluding hydrogens is 282 g/mol. The summed E-state index contributed by atoms with van der Waals surface area (Å²) in [6, 6.07) is 13.1. The number of anilines is 1. The molecule has 1 N–H and O–H groups in total. The van der Waals surface area contributed by atoms with Crippen molar-refractivity contribution in [2.75, 3.05) is 18.5 Å². The molecule has 5 nitrogen and oxygen atoms in total. The van der Waals surface area contributed by atoms with Crippen molar-refractivity contribution in [2.24, 2.45) is 0 Å². The van der Waals surface area contributed by atoms with Gasteiger partial charge in [-0.3, -0.25) is 4.79 Å². The second-order valence-corrected chi connectivity index (χ2v) is 5.27. The van der Waals surface area contributed by atoms with Gasteiger partial charge >= 0.3 is 0 Å². The number of amides is 1. The van der Waals surface area contributed by atoms with E-state index >= 15 is 0 Å². The molecule has 2 heterocycles. The van der Waals surface area contributed by atoms with E-state index in [1.165, 1.54) is 0 Å². The number of fused-ring (bicyclic) bond motifs is 2. The molecule has 2 aliphatic rings. The minimum absolute atomic E-state index is 0.159. The first-order valence-electron chi connectivity index (χ1n) is 7.25. The monoisotopic (exact) mass is 297 g/mol. The third-order valence-corrected chi connectivity index (χ3v) is 3.75. The van der Waals surface area contributed by atoms with E-state index in [1.807, 2.05) is 24.3 Å². The Balaban J connectivity index is 1.47. The molecule has 0 unspecified atom stereocenters. The highest BCUT2D eigenvalue weighted by Gasteiger charge is 2.29. The number of ether oxygens (including phenoxy) is 3. The number of carbonyl (C=O) groups is 1. The molecule has 0 radical (unpaired) electrons. The number of hydrogen-bond donors (Lipinski definition) is 1. The maximum absolute atomic E-state index is 12.3. The van der Waals surface area contributed by atoms with Crippen LogP contribution in [0.3, 0.4) is 0 Å². The molecule has 0 aliphatic carbocycles. The second-order valence-electron chi connectivity index (χ2n) is 5.27. The molecule has 5 heteroatoms. The Labute approximate surface area is 127 Å². The van der Waals surface area contributed by atoms with E-state index < -0.39 is 6.10 Å². The van der Waals surface area contributed by atoms with Gasteiger partial charge in [0.1, 0.15) is 19.0 Å². The van der Waals surface area contributed by atoms with Crippen molar-refractivity contribution in [3.05, 3.63) is 48.0 Å². The fraction of sp³-hybridized carbons (Fsp3) is 0.235. The maximum atomic E-state index is 12.3. The van der Waals surface area contributed by atoms with Gasteiger partial charge in [0.25, 0.3) is 5.91 Å². The molecule has 112 valence electrons. The summed E-state index contributed by atoms with van der Waals surface area (Å²) in [4.78, 5) is 12.3. The summed E-state index contributed by atoms with van der Waals surface area (Å²) in [5.41, 5.74) is 1.73. The molecule has 2 aliphatic heterocycles. The molecule has 2 aromatic rings. The molecule has 1 amide bonds. The Kier molecular flexibility index (Phi) is 3.11. The first-order valence-corrected chi connectivity index (χ1v) is 7.25. The highest BCUT2D eigenvalue weighted by Crippen LogP contribution is 2.33. The Morgan fingerprint density at radius 1 is 1.00 bits per heavy atom. The smallest absolute Gasteiger partial charge is 0.265 e. The second kappa shape index (κ2) is 5.26. The molecule has 0 fully saturated rings. The van der Waals surface area contributed by atoms with Gasteiger partial charge in [-0.25, -0.2) is 0 Å². The number of carbonyl (C=O) groups excluding carboxylic acids is 1. The van der Waals surface area contributed by atoms with Gasteiger partial charge in [0.2, 0.25) is 0 Å². The predicted molar refractivity (Wildman–Crippen MR) is 80.6 cm³/mol. The van der Waals surface area contributed by atoms with Crippen LogP contribution in [-0.4, -0.2) is 25.2 Å². The summed E-state index contributed by atoms with van der Waals surface area (Å²) in [5, 5.41) is 2.87. The molecule has 4 rings (SSSR count). The van der Waals surface area contributed by atoms with Crippen LogP contribution in [0.15, 0.2) is 42.5 Å². The van der Waals surface area contributed by atoms with Gasteiger partial charge in [0.15, 0.2) is 17.6 Å². The molecule has 0 bridgehead atoms. The van der Waals surface area contributed by atoms with Crippen molar-refractivity contribution in [3.63, 3.8) is 0 Å². The maximum Gasteiger partial charge on any atom is 0.265 e. The van der Waals surface area contributed by atoms with Gasteiger partial charge in [-0.2, -0.15) is 0 Å². The Bertz CT molecular complexity index is 703. The zero-order chi connectivity index (χ0) is 14.9. The molecule has 0 saturated carbocycles. The third-order valence-electron chi connectivity index (χ3n) is 3.75. The van der Waals surface area contributed by atoms with Crippen LogP contribution < -0.4 is 19.5 Å². The quantitative estimate of drug-likeness (QED) is 0.925. The lowest BCUT2D eigenvalue weighted by molar-refractivity contribution is -0.122. The number of para-hydroxylation sites is 1. The first-order chi connectivity index (χ1) is 10.8. The number of benzene rings is 2. The molecular formula is C17H15NO4. The van der Waals surface area contributed by atoms with Crippen LogP contribution in [0.4, 0.5) is 5.69 Å². The zero-order valence-electron chi connectivity index (χ0n) is 11.9. The lowest BCUT2D eigenvalue weighted by atomic mass is 10.1. The Hall–Kier alpha value is -2.69. The predicted octanol–water partition coefficient (Wildman–Crippen LogP) is 2.40. The van der Waals surface area contributed by atoms with Gasteiger partial charge in [-0.1, -0.05) is 18.2 Å². The number of hydrogen-bond acceptors (Lipinski definition) is 4. The molecule has 0 aromatic heterocycles. The summed E-state index contributed by atoms with van der Waals surface area (Å²) >= 11 is 0. The van der Waals surface area contributed by atoms with E-state index in [9.17, 15) is 4.79 Å². The summed E-state index contributed by atoms with van der Waals surface area (Å²) in [5.74, 6) is 1.98. The first kappa shape index (κ1) is 13.0. The molecule has 0 spiro atoms. The molecule has 0 saturated heterocycles. The SMILES string of the molecule is O=C(Nc1ccc2c(c1)OCCO2)[C@H]1Cc2ccccc2O1. The Morgan fingerprint density at radius 3 is 2.68 bits per heavy atom. The van der Waals surface area contributed by atoms with Crippen molar-refractivity contribution in [2.45, 2.75) is 12.5 Å². The Morgan fingerprint density at radius 2 is 1.82 bits per heavy atom. The van der Waals surface area contributed by atoms with Crippen LogP contribution in [0, 0.1) is 0 Å². The van der Waals surface area contributed by atoms with Crippen LogP contribution >= 0.6 is 0 Å². The fourth-order valence-corrected chi connectivity index (χ4v) is 2.67. The van der Waals surface area contributed by atoms with Crippen molar-refractivity contribution < 1.29 is 19.0 Å². The molecule has 2 aromatic carbocycles. The van der Waals surface area contributed by atoms with Crippen molar-refractivity contribution >= 4 is 11.6 Å². The van der Waals surface area contributed by atoms with Crippen LogP contribution in [0.1, 0.15) is 5.56 Å². The lowest BCUT2D eigenvalue weighted by Crippen LogP contribution is -2.31. The van der Waals surface area contributed by atoms with Gasteiger partial charge in [-0.05, 0) is 23.8 Å². The van der Waals surface area contributed by atoms with E-state index in [1.54, 1.807) is 18.2 Å². The van der Waals surface area contributed by atoms with E-state index in [-0.39, 0.29) is 5.91 Å². The minimum Gasteiger partial charge on any atom is -0.486 e. The highest BCUT2D eigenvalue weighted by molar-refractivity contribution is 5.95. The largest absolute Gasteiger partial charge is 0.486 e. The summed E-state index contributed by atoms with van der Waals surface area (Å²) in [7, 11) is 0. The average molecular weight is 297 g/mol. The normalized spacial score (nSPS) is 18.3. The van der Waals surface area contributed by atoms with Crippen molar-refractivity contribution in [1.82, 2.24) is 0 Å². The van der Waals surface area contributed by atoms with Crippen molar-refractivity contribution in [3.8, 4) is 17.2 Å². The van der Waals surface area contributed by atoms with Crippen LogP contribution in [0.2, 0.25) is 0 Å². The van der Waals surface area contributed by atoms with Gasteiger partial charge < -0.3 is 19.5 Å².